The van der Waals surface area contributed by atoms with E-state index >= 15 is 0 Å². The van der Waals surface area contributed by atoms with Gasteiger partial charge in [0.15, 0.2) is 5.78 Å². The lowest BCUT2D eigenvalue weighted by molar-refractivity contribution is 0.101. The highest BCUT2D eigenvalue weighted by molar-refractivity contribution is 7.89. The van der Waals surface area contributed by atoms with Gasteiger partial charge in [0.2, 0.25) is 10.0 Å². The summed E-state index contributed by atoms with van der Waals surface area (Å²) in [4.78, 5) is 13.6. The number of carbonyl (C=O) groups is 1. The minimum atomic E-state index is -3.48. The van der Waals surface area contributed by atoms with Gasteiger partial charge in [0, 0.05) is 18.7 Å². The summed E-state index contributed by atoms with van der Waals surface area (Å²) in [6.07, 6.45) is 2.39. The molecule has 1 aromatic rings. The number of carbonyl (C=O) groups excluding carboxylic acids is 1. The summed E-state index contributed by atoms with van der Waals surface area (Å²) >= 11 is 0. The van der Waals surface area contributed by atoms with Crippen LogP contribution in [-0.4, -0.2) is 45.3 Å². The van der Waals surface area contributed by atoms with E-state index in [9.17, 15) is 13.2 Å². The molecule has 6 heteroatoms. The number of hydrogen-bond donors (Lipinski definition) is 1. The molecule has 110 valence electrons. The lowest BCUT2D eigenvalue weighted by Gasteiger charge is -2.14. The number of hydrogen-bond acceptors (Lipinski definition) is 4. The predicted molar refractivity (Wildman–Crippen MR) is 77.3 cm³/mol. The molecule has 0 radical (unpaired) electrons. The average Bonchev–Trinajstić information content (AvgIpc) is 2.92. The Morgan fingerprint density at radius 3 is 2.35 bits per heavy atom. The maximum atomic E-state index is 12.1. The minimum absolute atomic E-state index is 0.0732. The van der Waals surface area contributed by atoms with Crippen LogP contribution in [0.4, 0.5) is 0 Å². The second-order valence-electron chi connectivity index (χ2n) is 5.03. The van der Waals surface area contributed by atoms with E-state index in [2.05, 4.69) is 9.62 Å². The Morgan fingerprint density at radius 2 is 1.80 bits per heavy atom. The van der Waals surface area contributed by atoms with Gasteiger partial charge in [-0.1, -0.05) is 12.1 Å². The molecule has 1 saturated heterocycles. The molecule has 1 aromatic carbocycles. The normalized spacial score (nSPS) is 16.4. The van der Waals surface area contributed by atoms with E-state index in [1.54, 1.807) is 0 Å². The van der Waals surface area contributed by atoms with Gasteiger partial charge in [-0.15, -0.1) is 0 Å². The first-order valence-electron chi connectivity index (χ1n) is 6.82. The van der Waals surface area contributed by atoms with Gasteiger partial charge >= 0.3 is 0 Å². The van der Waals surface area contributed by atoms with Gasteiger partial charge in [0.1, 0.15) is 0 Å². The zero-order valence-corrected chi connectivity index (χ0v) is 12.4. The maximum absolute atomic E-state index is 12.1. The molecular weight excluding hydrogens is 276 g/mol. The van der Waals surface area contributed by atoms with Crippen molar-refractivity contribution in [2.45, 2.75) is 24.7 Å². The number of sulfonamides is 1. The molecule has 5 nitrogen and oxygen atoms in total. The highest BCUT2D eigenvalue weighted by atomic mass is 32.2. The fraction of sp³-hybridized carbons (Fsp3) is 0.500. The Balaban J connectivity index is 1.93. The smallest absolute Gasteiger partial charge is 0.240 e. The molecule has 1 fully saturated rings. The van der Waals surface area contributed by atoms with Gasteiger partial charge in [-0.2, -0.15) is 0 Å². The first kappa shape index (κ1) is 15.2. The number of nitrogens with zero attached hydrogens (tertiary/aromatic N) is 1. The van der Waals surface area contributed by atoms with Gasteiger partial charge in [-0.05, 0) is 45.0 Å². The predicted octanol–water partition coefficient (Wildman–Crippen LogP) is 1.26. The Bertz CT molecular complexity index is 561. The molecule has 0 amide bonds. The molecule has 1 heterocycles. The Morgan fingerprint density at radius 1 is 1.20 bits per heavy atom. The zero-order valence-electron chi connectivity index (χ0n) is 11.6. The molecule has 20 heavy (non-hydrogen) atoms. The van der Waals surface area contributed by atoms with Gasteiger partial charge in [0.25, 0.3) is 0 Å². The van der Waals surface area contributed by atoms with Crippen LogP contribution in [0.25, 0.3) is 0 Å². The van der Waals surface area contributed by atoms with Gasteiger partial charge in [-0.25, -0.2) is 13.1 Å². The molecule has 1 N–H and O–H groups in total. The molecule has 0 aliphatic carbocycles. The van der Waals surface area contributed by atoms with E-state index in [1.807, 2.05) is 0 Å². The molecule has 0 atom stereocenters. The Kier molecular flexibility index (Phi) is 4.91. The standard InChI is InChI=1S/C14H20N2O3S/c1-12(17)13-4-6-14(7-5-13)20(18,19)15-8-11-16-9-2-3-10-16/h4-7,15H,2-3,8-11H2,1H3. The van der Waals surface area contributed by atoms with Crippen molar-refractivity contribution >= 4 is 15.8 Å². The fourth-order valence-corrected chi connectivity index (χ4v) is 3.32. The monoisotopic (exact) mass is 296 g/mol. The largest absolute Gasteiger partial charge is 0.302 e. The third-order valence-corrected chi connectivity index (χ3v) is 4.97. The number of benzene rings is 1. The highest BCUT2D eigenvalue weighted by Gasteiger charge is 2.16. The van der Waals surface area contributed by atoms with Crippen molar-refractivity contribution in [2.24, 2.45) is 0 Å². The SMILES string of the molecule is CC(=O)c1ccc(S(=O)(=O)NCCN2CCCC2)cc1. The number of ketones is 1. The maximum Gasteiger partial charge on any atom is 0.240 e. The summed E-state index contributed by atoms with van der Waals surface area (Å²) in [7, 11) is -3.48. The van der Waals surface area contributed by atoms with Crippen molar-refractivity contribution in [1.29, 1.82) is 0 Å². The van der Waals surface area contributed by atoms with E-state index in [4.69, 9.17) is 0 Å². The summed E-state index contributed by atoms with van der Waals surface area (Å²) < 4.78 is 26.7. The summed E-state index contributed by atoms with van der Waals surface area (Å²) in [5, 5.41) is 0. The van der Waals surface area contributed by atoms with Gasteiger partial charge < -0.3 is 4.90 Å². The van der Waals surface area contributed by atoms with Crippen LogP contribution in [0, 0.1) is 0 Å². The van der Waals surface area contributed by atoms with E-state index < -0.39 is 10.0 Å². The van der Waals surface area contributed by atoms with Crippen LogP contribution < -0.4 is 4.72 Å². The van der Waals surface area contributed by atoms with Crippen molar-refractivity contribution in [3.8, 4) is 0 Å². The quantitative estimate of drug-likeness (QED) is 0.803. The van der Waals surface area contributed by atoms with Crippen LogP contribution in [0.5, 0.6) is 0 Å². The van der Waals surface area contributed by atoms with E-state index in [1.165, 1.54) is 44.0 Å². The second-order valence-corrected chi connectivity index (χ2v) is 6.79. The van der Waals surface area contributed by atoms with Crippen molar-refractivity contribution in [3.63, 3.8) is 0 Å². The highest BCUT2D eigenvalue weighted by Crippen LogP contribution is 2.11. The van der Waals surface area contributed by atoms with E-state index in [0.717, 1.165) is 19.6 Å². The topological polar surface area (TPSA) is 66.5 Å². The van der Waals surface area contributed by atoms with Crippen LogP contribution in [-0.2, 0) is 10.0 Å². The van der Waals surface area contributed by atoms with Crippen molar-refractivity contribution < 1.29 is 13.2 Å². The summed E-state index contributed by atoms with van der Waals surface area (Å²) in [5.41, 5.74) is 0.515. The molecule has 0 unspecified atom stereocenters. The molecular formula is C14H20N2O3S. The lowest BCUT2D eigenvalue weighted by Crippen LogP contribution is -2.33. The number of Topliss-reactive ketones (excluding diaryl/α,β-unsaturated/α-hetero) is 1. The molecule has 2 rings (SSSR count). The lowest BCUT2D eigenvalue weighted by atomic mass is 10.2. The molecule has 0 saturated carbocycles. The van der Waals surface area contributed by atoms with Gasteiger partial charge in [-0.3, -0.25) is 4.79 Å². The number of nitrogens with one attached hydrogen (secondary N) is 1. The zero-order chi connectivity index (χ0) is 14.6. The number of rotatable bonds is 6. The van der Waals surface area contributed by atoms with Crippen LogP contribution in [0.3, 0.4) is 0 Å². The molecule has 1 aliphatic rings. The van der Waals surface area contributed by atoms with Crippen molar-refractivity contribution in [1.82, 2.24) is 9.62 Å². The Hall–Kier alpha value is -1.24. The summed E-state index contributed by atoms with van der Waals surface area (Å²) in [6, 6.07) is 6.01. The van der Waals surface area contributed by atoms with Crippen LogP contribution >= 0.6 is 0 Å². The third kappa shape index (κ3) is 3.88. The minimum Gasteiger partial charge on any atom is -0.302 e. The van der Waals surface area contributed by atoms with Crippen LogP contribution in [0.2, 0.25) is 0 Å². The molecule has 0 bridgehead atoms. The van der Waals surface area contributed by atoms with Gasteiger partial charge in [0.05, 0.1) is 4.90 Å². The van der Waals surface area contributed by atoms with E-state index in [0.29, 0.717) is 12.1 Å². The first-order chi connectivity index (χ1) is 9.49. The first-order valence-corrected chi connectivity index (χ1v) is 8.30. The molecule has 0 spiro atoms. The average molecular weight is 296 g/mol. The van der Waals surface area contributed by atoms with Crippen molar-refractivity contribution in [2.75, 3.05) is 26.2 Å². The second kappa shape index (κ2) is 6.47. The molecule has 0 aromatic heterocycles. The summed E-state index contributed by atoms with van der Waals surface area (Å²) in [5.74, 6) is -0.0732. The van der Waals surface area contributed by atoms with Crippen molar-refractivity contribution in [3.05, 3.63) is 29.8 Å². The molecule has 1 aliphatic heterocycles. The fourth-order valence-electron chi connectivity index (χ4n) is 2.30. The van der Waals surface area contributed by atoms with E-state index in [-0.39, 0.29) is 10.7 Å². The summed E-state index contributed by atoms with van der Waals surface area (Å²) in [6.45, 7) is 4.71. The third-order valence-electron chi connectivity index (χ3n) is 3.49. The van der Waals surface area contributed by atoms with Crippen LogP contribution in [0.1, 0.15) is 30.1 Å². The van der Waals surface area contributed by atoms with Crippen LogP contribution in [0.15, 0.2) is 29.2 Å². The Labute approximate surface area is 120 Å². The number of likely N-dealkylation sites (tertiary alicyclic amines) is 1.